The molecule has 0 bridgehead atoms. The van der Waals surface area contributed by atoms with E-state index in [1.165, 1.54) is 0 Å². The lowest BCUT2D eigenvalue weighted by molar-refractivity contribution is 0.0526. The van der Waals surface area contributed by atoms with Crippen molar-refractivity contribution in [2.24, 2.45) is 0 Å². The molecule has 1 N–H and O–H groups in total. The molecule has 29 heavy (non-hydrogen) atoms. The number of alkyl halides is 1. The van der Waals surface area contributed by atoms with E-state index in [-0.39, 0.29) is 5.78 Å². The number of benzene rings is 2. The van der Waals surface area contributed by atoms with Gasteiger partial charge in [-0.05, 0) is 32.4 Å². The minimum atomic E-state index is -0.754. The lowest BCUT2D eigenvalue weighted by atomic mass is 10.0. The normalized spacial score (nSPS) is 12.6. The molecule has 0 aliphatic carbocycles. The van der Waals surface area contributed by atoms with Gasteiger partial charge in [0.1, 0.15) is 11.0 Å². The van der Waals surface area contributed by atoms with Crippen molar-refractivity contribution in [3.8, 4) is 0 Å². The summed E-state index contributed by atoms with van der Waals surface area (Å²) in [5.74, 6) is -0.145. The van der Waals surface area contributed by atoms with Crippen LogP contribution in [0, 0.1) is 0 Å². The summed E-state index contributed by atoms with van der Waals surface area (Å²) in [4.78, 5) is 24.9. The van der Waals surface area contributed by atoms with Gasteiger partial charge in [0.25, 0.3) is 0 Å². The lowest BCUT2D eigenvalue weighted by Gasteiger charge is -2.19. The van der Waals surface area contributed by atoms with Gasteiger partial charge >= 0.3 is 6.09 Å². The quantitative estimate of drug-likeness (QED) is 0.439. The van der Waals surface area contributed by atoms with Crippen LogP contribution in [0.15, 0.2) is 60.8 Å². The summed E-state index contributed by atoms with van der Waals surface area (Å²) in [5, 5.41) is 2.84. The number of aromatic nitrogens is 1. The van der Waals surface area contributed by atoms with E-state index in [0.29, 0.717) is 18.7 Å². The number of para-hydroxylation sites is 1. The fourth-order valence-electron chi connectivity index (χ4n) is 3.13. The smallest absolute Gasteiger partial charge is 0.407 e. The largest absolute Gasteiger partial charge is 0.444 e. The molecule has 1 heterocycles. The summed E-state index contributed by atoms with van der Waals surface area (Å²) >= 11 is 6.48. The van der Waals surface area contributed by atoms with Gasteiger partial charge in [-0.15, -0.1) is 11.6 Å². The zero-order chi connectivity index (χ0) is 21.0. The number of ether oxygens (including phenoxy) is 1. The van der Waals surface area contributed by atoms with Gasteiger partial charge in [-0.2, -0.15) is 0 Å². The summed E-state index contributed by atoms with van der Waals surface area (Å²) < 4.78 is 7.21. The van der Waals surface area contributed by atoms with Gasteiger partial charge in [0.2, 0.25) is 0 Å². The molecule has 0 saturated carbocycles. The molecule has 0 aliphatic heterocycles. The molecule has 0 saturated heterocycles. The van der Waals surface area contributed by atoms with E-state index in [4.69, 9.17) is 16.3 Å². The van der Waals surface area contributed by atoms with Gasteiger partial charge in [0.05, 0.1) is 0 Å². The van der Waals surface area contributed by atoms with E-state index < -0.39 is 17.1 Å². The first kappa shape index (κ1) is 20.9. The van der Waals surface area contributed by atoms with Gasteiger partial charge < -0.3 is 14.6 Å². The molecule has 0 spiro atoms. The van der Waals surface area contributed by atoms with Crippen LogP contribution < -0.4 is 5.32 Å². The number of fused-ring (bicyclic) bond motifs is 1. The average Bonchev–Trinajstić information content (AvgIpc) is 3.05. The number of alkyl carbamates (subject to hydrolysis) is 1. The van der Waals surface area contributed by atoms with Gasteiger partial charge in [-0.3, -0.25) is 4.79 Å². The van der Waals surface area contributed by atoms with Gasteiger partial charge in [0, 0.05) is 35.8 Å². The Balaban J connectivity index is 1.78. The van der Waals surface area contributed by atoms with E-state index in [1.54, 1.807) is 0 Å². The van der Waals surface area contributed by atoms with Crippen molar-refractivity contribution in [3.05, 3.63) is 71.9 Å². The van der Waals surface area contributed by atoms with Crippen molar-refractivity contribution in [2.75, 3.05) is 6.54 Å². The maximum absolute atomic E-state index is 13.1. The first-order valence-corrected chi connectivity index (χ1v) is 9.98. The molecule has 1 atom stereocenters. The SMILES string of the molecule is CC(C)(C)OC(=O)NCCn1cc(C(=O)C(Cl)c2ccccc2)c2ccccc21. The number of carbonyl (C=O) groups is 2. The van der Waals surface area contributed by atoms with E-state index in [0.717, 1.165) is 16.5 Å². The zero-order valence-corrected chi connectivity index (χ0v) is 17.6. The second-order valence-electron chi connectivity index (χ2n) is 7.82. The Hall–Kier alpha value is -2.79. The number of hydrogen-bond acceptors (Lipinski definition) is 3. The standard InChI is InChI=1S/C23H25ClN2O3/c1-23(2,3)29-22(28)25-13-14-26-15-18(17-11-7-8-12-19(17)26)21(27)20(24)16-9-5-4-6-10-16/h4-12,15,20H,13-14H2,1-3H3,(H,25,28). The summed E-state index contributed by atoms with van der Waals surface area (Å²) in [7, 11) is 0. The Labute approximate surface area is 175 Å². The maximum Gasteiger partial charge on any atom is 0.407 e. The van der Waals surface area contributed by atoms with Crippen LogP contribution in [0.4, 0.5) is 4.79 Å². The summed E-state index contributed by atoms with van der Waals surface area (Å²) in [6.45, 7) is 6.34. The van der Waals surface area contributed by atoms with Crippen LogP contribution in [0.25, 0.3) is 10.9 Å². The van der Waals surface area contributed by atoms with Crippen molar-refractivity contribution < 1.29 is 14.3 Å². The molecule has 1 unspecified atom stereocenters. The van der Waals surface area contributed by atoms with Crippen molar-refractivity contribution in [3.63, 3.8) is 0 Å². The fourth-order valence-corrected chi connectivity index (χ4v) is 3.39. The van der Waals surface area contributed by atoms with Crippen LogP contribution in [0.2, 0.25) is 0 Å². The molecule has 0 fully saturated rings. The highest BCUT2D eigenvalue weighted by atomic mass is 35.5. The lowest BCUT2D eigenvalue weighted by Crippen LogP contribution is -2.34. The van der Waals surface area contributed by atoms with Crippen molar-refractivity contribution >= 4 is 34.4 Å². The molecule has 1 aromatic heterocycles. The topological polar surface area (TPSA) is 60.3 Å². The Morgan fingerprint density at radius 1 is 1.07 bits per heavy atom. The zero-order valence-electron chi connectivity index (χ0n) is 16.8. The first-order chi connectivity index (χ1) is 13.8. The molecular formula is C23H25ClN2O3. The van der Waals surface area contributed by atoms with E-state index in [9.17, 15) is 9.59 Å². The highest BCUT2D eigenvalue weighted by Gasteiger charge is 2.23. The second-order valence-corrected chi connectivity index (χ2v) is 8.26. The van der Waals surface area contributed by atoms with Crippen molar-refractivity contribution in [1.82, 2.24) is 9.88 Å². The number of ketones is 1. The first-order valence-electron chi connectivity index (χ1n) is 9.54. The minimum absolute atomic E-state index is 0.145. The van der Waals surface area contributed by atoms with Crippen LogP contribution in [-0.4, -0.2) is 28.6 Å². The number of Topliss-reactive ketones (excluding diaryl/α,β-unsaturated/α-hetero) is 1. The van der Waals surface area contributed by atoms with Crippen LogP contribution >= 0.6 is 11.6 Å². The molecule has 1 amide bonds. The number of amides is 1. The second kappa shape index (κ2) is 8.70. The Bertz CT molecular complexity index is 1010. The van der Waals surface area contributed by atoms with E-state index >= 15 is 0 Å². The molecule has 0 aliphatic rings. The summed E-state index contributed by atoms with van der Waals surface area (Å²) in [6, 6.07) is 17.0. The average molecular weight is 413 g/mol. The molecule has 0 radical (unpaired) electrons. The number of carbonyl (C=O) groups excluding carboxylic acids is 2. The van der Waals surface area contributed by atoms with Gasteiger partial charge in [-0.1, -0.05) is 48.5 Å². The highest BCUT2D eigenvalue weighted by Crippen LogP contribution is 2.30. The molecular weight excluding hydrogens is 388 g/mol. The van der Waals surface area contributed by atoms with Crippen molar-refractivity contribution in [2.45, 2.75) is 38.3 Å². The number of halogens is 1. The van der Waals surface area contributed by atoms with Crippen LogP contribution in [0.1, 0.15) is 42.1 Å². The molecule has 5 nitrogen and oxygen atoms in total. The van der Waals surface area contributed by atoms with Crippen LogP contribution in [-0.2, 0) is 11.3 Å². The molecule has 6 heteroatoms. The predicted octanol–water partition coefficient (Wildman–Crippen LogP) is 5.33. The molecule has 3 aromatic rings. The third-order valence-electron chi connectivity index (χ3n) is 4.40. The fraction of sp³-hybridized carbons (Fsp3) is 0.304. The summed E-state index contributed by atoms with van der Waals surface area (Å²) in [6.07, 6.45) is 1.34. The third-order valence-corrected chi connectivity index (χ3v) is 4.85. The number of rotatable bonds is 6. The monoisotopic (exact) mass is 412 g/mol. The Morgan fingerprint density at radius 2 is 1.72 bits per heavy atom. The molecule has 152 valence electrons. The van der Waals surface area contributed by atoms with Gasteiger partial charge in [-0.25, -0.2) is 4.79 Å². The summed E-state index contributed by atoms with van der Waals surface area (Å²) in [5.41, 5.74) is 1.71. The molecule has 2 aromatic carbocycles. The van der Waals surface area contributed by atoms with Gasteiger partial charge in [0.15, 0.2) is 5.78 Å². The van der Waals surface area contributed by atoms with E-state index in [1.807, 2.05) is 86.1 Å². The third kappa shape index (κ3) is 5.18. The van der Waals surface area contributed by atoms with E-state index in [2.05, 4.69) is 5.32 Å². The van der Waals surface area contributed by atoms with Crippen LogP contribution in [0.5, 0.6) is 0 Å². The predicted molar refractivity (Wildman–Crippen MR) is 116 cm³/mol. The number of hydrogen-bond donors (Lipinski definition) is 1. The van der Waals surface area contributed by atoms with Crippen LogP contribution in [0.3, 0.4) is 0 Å². The number of nitrogens with zero attached hydrogens (tertiary/aromatic N) is 1. The minimum Gasteiger partial charge on any atom is -0.444 e. The maximum atomic E-state index is 13.1. The van der Waals surface area contributed by atoms with Crippen molar-refractivity contribution in [1.29, 1.82) is 0 Å². The Kier molecular flexibility index (Phi) is 6.28. The highest BCUT2D eigenvalue weighted by molar-refractivity contribution is 6.35. The Morgan fingerprint density at radius 3 is 2.41 bits per heavy atom. The molecule has 3 rings (SSSR count). The number of nitrogens with one attached hydrogen (secondary N) is 1.